The van der Waals surface area contributed by atoms with Crippen LogP contribution in [0.15, 0.2) is 133 Å². The molecule has 8 aromatic rings. The molecule has 0 bridgehead atoms. The van der Waals surface area contributed by atoms with Crippen LogP contribution in [0.2, 0.25) is 0 Å². The molecule has 0 fully saturated rings. The fourth-order valence-corrected chi connectivity index (χ4v) is 9.55. The van der Waals surface area contributed by atoms with Crippen LogP contribution in [0.3, 0.4) is 0 Å². The van der Waals surface area contributed by atoms with Crippen LogP contribution in [-0.2, 0) is 11.1 Å². The van der Waals surface area contributed by atoms with Gasteiger partial charge in [0.25, 0.3) is 0 Å². The number of nitrogens with zero attached hydrogens (tertiary/aromatic N) is 2. The molecule has 0 spiro atoms. The molecular formula is C44H34Cl2N2O3. The Bertz CT molecular complexity index is 2430. The zero-order valence-corrected chi connectivity index (χ0v) is 29.3. The lowest BCUT2D eigenvalue weighted by molar-refractivity contribution is 0.174. The van der Waals surface area contributed by atoms with E-state index in [1.54, 1.807) is 0 Å². The fourth-order valence-electron chi connectivity index (χ4n) is 8.93. The van der Waals surface area contributed by atoms with Crippen molar-refractivity contribution < 1.29 is 14.2 Å². The number of aromatic nitrogens is 2. The van der Waals surface area contributed by atoms with Crippen molar-refractivity contribution in [3.63, 3.8) is 0 Å². The molecule has 2 aliphatic heterocycles. The number of benzene rings is 6. The van der Waals surface area contributed by atoms with Crippen LogP contribution in [0.4, 0.5) is 0 Å². The Morgan fingerprint density at radius 3 is 1.37 bits per heavy atom. The number of alkyl halides is 2. The lowest BCUT2D eigenvalue weighted by Crippen LogP contribution is -2.43. The third-order valence-electron chi connectivity index (χ3n) is 11.1. The Kier molecular flexibility index (Phi) is 7.06. The number of hydrogen-bond donors (Lipinski definition) is 0. The minimum Gasteiger partial charge on any atom is -0.489 e. The van der Waals surface area contributed by atoms with E-state index in [2.05, 4.69) is 143 Å². The Balaban J connectivity index is 1.22. The zero-order chi connectivity index (χ0) is 34.2. The summed E-state index contributed by atoms with van der Waals surface area (Å²) in [6, 6.07) is 46.6. The first-order valence-corrected chi connectivity index (χ1v) is 18.6. The molecule has 2 aromatic heterocycles. The second kappa shape index (κ2) is 11.7. The highest BCUT2D eigenvalue weighted by atomic mass is 35.5. The zero-order valence-electron chi connectivity index (χ0n) is 27.8. The molecule has 4 heterocycles. The van der Waals surface area contributed by atoms with E-state index >= 15 is 0 Å². The molecule has 2 aliphatic rings. The van der Waals surface area contributed by atoms with Gasteiger partial charge < -0.3 is 23.3 Å². The van der Waals surface area contributed by atoms with Crippen molar-refractivity contribution >= 4 is 66.8 Å². The third kappa shape index (κ3) is 4.28. The normalized spacial score (nSPS) is 19.4. The summed E-state index contributed by atoms with van der Waals surface area (Å²) in [5.74, 6) is 4.28. The molecule has 10 rings (SSSR count). The van der Waals surface area contributed by atoms with Crippen molar-refractivity contribution in [3.8, 4) is 23.0 Å². The number of halogens is 2. The summed E-state index contributed by atoms with van der Waals surface area (Å²) in [5.41, 5.74) is 5.65. The molecule has 5 nitrogen and oxygen atoms in total. The summed E-state index contributed by atoms with van der Waals surface area (Å²) in [5, 5.41) is 4.26. The SMILES string of the molecule is ClCC[C@@]1(c2ccccc2)COc2cccc3c4c(Oc5cccc6c5c5cccc7c5n6[C@](CCCl)(c5ccccc5)CO7)cccc4n1c23. The Morgan fingerprint density at radius 2 is 0.941 bits per heavy atom. The molecule has 0 saturated carbocycles. The van der Waals surface area contributed by atoms with E-state index in [-0.39, 0.29) is 0 Å². The van der Waals surface area contributed by atoms with Crippen molar-refractivity contribution in [1.29, 1.82) is 0 Å². The number of ether oxygens (including phenoxy) is 3. The van der Waals surface area contributed by atoms with Gasteiger partial charge in [0.05, 0.1) is 32.8 Å². The largest absolute Gasteiger partial charge is 0.489 e. The molecule has 51 heavy (non-hydrogen) atoms. The van der Waals surface area contributed by atoms with E-state index in [4.69, 9.17) is 37.4 Å². The van der Waals surface area contributed by atoms with Gasteiger partial charge in [0.1, 0.15) is 47.3 Å². The van der Waals surface area contributed by atoms with Crippen LogP contribution in [0.25, 0.3) is 43.6 Å². The summed E-state index contributed by atoms with van der Waals surface area (Å²) in [6.45, 7) is 0.971. The molecule has 0 aliphatic carbocycles. The van der Waals surface area contributed by atoms with E-state index in [9.17, 15) is 0 Å². The molecule has 0 radical (unpaired) electrons. The van der Waals surface area contributed by atoms with Crippen LogP contribution in [0.5, 0.6) is 23.0 Å². The monoisotopic (exact) mass is 708 g/mol. The maximum absolute atomic E-state index is 7.16. The first-order valence-electron chi connectivity index (χ1n) is 17.5. The molecule has 252 valence electrons. The second-order valence-corrected chi connectivity index (χ2v) is 14.4. The lowest BCUT2D eigenvalue weighted by Gasteiger charge is -2.40. The minimum atomic E-state index is -0.488. The van der Waals surface area contributed by atoms with Crippen LogP contribution in [0.1, 0.15) is 24.0 Å². The quantitative estimate of drug-likeness (QED) is 0.147. The van der Waals surface area contributed by atoms with Gasteiger partial charge in [-0.1, -0.05) is 97.1 Å². The standard InChI is InChI=1S/C44H34Cl2N2O3/c45-25-23-43(29-11-3-1-4-12-29)27-49-37-21-7-15-31-39-33(47(43)41(31)37)17-9-19-35(39)51-36-20-10-18-34-40(36)32-16-8-22-38-42(32)48(34)44(24-26-46,28-50-38)30-13-5-2-6-14-30/h1-22H,23-28H2/t43-,44-/m0/s1. The van der Waals surface area contributed by atoms with Gasteiger partial charge in [-0.25, -0.2) is 0 Å². The van der Waals surface area contributed by atoms with E-state index in [1.807, 2.05) is 0 Å². The number of fused-ring (bicyclic) bond motifs is 6. The van der Waals surface area contributed by atoms with Gasteiger partial charge in [-0.3, -0.25) is 0 Å². The van der Waals surface area contributed by atoms with Gasteiger partial charge >= 0.3 is 0 Å². The Labute approximate surface area is 305 Å². The van der Waals surface area contributed by atoms with Crippen LogP contribution < -0.4 is 14.2 Å². The fraction of sp³-hybridized carbons (Fsp3) is 0.182. The first-order chi connectivity index (χ1) is 25.2. The first kappa shape index (κ1) is 30.7. The van der Waals surface area contributed by atoms with Crippen LogP contribution >= 0.6 is 23.2 Å². The summed E-state index contributed by atoms with van der Waals surface area (Å²) in [4.78, 5) is 0. The minimum absolute atomic E-state index is 0.486. The van der Waals surface area contributed by atoms with E-state index in [1.165, 1.54) is 11.1 Å². The van der Waals surface area contributed by atoms with Crippen molar-refractivity contribution in [3.05, 3.63) is 145 Å². The van der Waals surface area contributed by atoms with Crippen molar-refractivity contribution in [1.82, 2.24) is 9.13 Å². The summed E-state index contributed by atoms with van der Waals surface area (Å²) in [6.07, 6.45) is 1.43. The highest BCUT2D eigenvalue weighted by Crippen LogP contribution is 2.52. The van der Waals surface area contributed by atoms with Gasteiger partial charge in [-0.15, -0.1) is 23.2 Å². The predicted molar refractivity (Wildman–Crippen MR) is 208 cm³/mol. The van der Waals surface area contributed by atoms with Gasteiger partial charge in [-0.2, -0.15) is 0 Å². The average molecular weight is 710 g/mol. The molecule has 0 amide bonds. The van der Waals surface area contributed by atoms with E-state index in [0.29, 0.717) is 37.8 Å². The van der Waals surface area contributed by atoms with Gasteiger partial charge in [-0.05, 0) is 60.4 Å². The van der Waals surface area contributed by atoms with Crippen molar-refractivity contribution in [2.24, 2.45) is 0 Å². The van der Waals surface area contributed by atoms with Gasteiger partial charge in [0.15, 0.2) is 0 Å². The average Bonchev–Trinajstić information content (AvgIpc) is 3.72. The number of para-hydroxylation sites is 2. The topological polar surface area (TPSA) is 37.6 Å². The molecule has 2 atom stereocenters. The second-order valence-electron chi connectivity index (χ2n) is 13.6. The molecule has 0 unspecified atom stereocenters. The highest BCUT2D eigenvalue weighted by Gasteiger charge is 2.43. The van der Waals surface area contributed by atoms with Crippen LogP contribution in [0, 0.1) is 0 Å². The smallest absolute Gasteiger partial charge is 0.143 e. The Hall–Kier alpha value is -5.10. The highest BCUT2D eigenvalue weighted by molar-refractivity contribution is 6.18. The molecule has 0 saturated heterocycles. The van der Waals surface area contributed by atoms with Gasteiger partial charge in [0, 0.05) is 22.5 Å². The number of hydrogen-bond acceptors (Lipinski definition) is 3. The lowest BCUT2D eigenvalue weighted by atomic mass is 9.86. The maximum Gasteiger partial charge on any atom is 0.143 e. The summed E-state index contributed by atoms with van der Waals surface area (Å²) >= 11 is 13.2. The Morgan fingerprint density at radius 1 is 0.510 bits per heavy atom. The summed E-state index contributed by atoms with van der Waals surface area (Å²) in [7, 11) is 0. The molecule has 0 N–H and O–H groups in total. The summed E-state index contributed by atoms with van der Waals surface area (Å²) < 4.78 is 25.2. The maximum atomic E-state index is 7.16. The molecular weight excluding hydrogens is 675 g/mol. The van der Waals surface area contributed by atoms with Gasteiger partial charge in [0.2, 0.25) is 0 Å². The third-order valence-corrected chi connectivity index (χ3v) is 11.5. The van der Waals surface area contributed by atoms with Crippen molar-refractivity contribution in [2.75, 3.05) is 25.0 Å². The van der Waals surface area contributed by atoms with E-state index < -0.39 is 11.1 Å². The van der Waals surface area contributed by atoms with Crippen molar-refractivity contribution in [2.45, 2.75) is 23.9 Å². The number of rotatable bonds is 8. The predicted octanol–water partition coefficient (Wildman–Crippen LogP) is 11.2. The van der Waals surface area contributed by atoms with Crippen LogP contribution in [-0.4, -0.2) is 34.1 Å². The molecule has 7 heteroatoms. The van der Waals surface area contributed by atoms with E-state index in [0.717, 1.165) is 66.6 Å². The molecule has 6 aromatic carbocycles.